The second-order valence-corrected chi connectivity index (χ2v) is 6.35. The SMILES string of the molecule is Cc1ccccc1N1CCN(C[C@H](O)COc2ccccc2)CC1. The number of anilines is 1. The Kier molecular flexibility index (Phi) is 5.72. The number of β-amino-alcohol motifs (C(OH)–C–C–N with tert-alkyl or cyclic N) is 1. The molecule has 0 amide bonds. The number of para-hydroxylation sites is 2. The highest BCUT2D eigenvalue weighted by atomic mass is 16.5. The van der Waals surface area contributed by atoms with Gasteiger partial charge in [0.25, 0.3) is 0 Å². The first-order valence-corrected chi connectivity index (χ1v) is 8.61. The molecule has 1 N–H and O–H groups in total. The highest BCUT2D eigenvalue weighted by Gasteiger charge is 2.20. The maximum Gasteiger partial charge on any atom is 0.119 e. The Labute approximate surface area is 144 Å². The molecule has 1 aliphatic rings. The number of benzene rings is 2. The minimum atomic E-state index is -0.463. The van der Waals surface area contributed by atoms with E-state index >= 15 is 0 Å². The zero-order valence-corrected chi connectivity index (χ0v) is 14.3. The molecule has 4 nitrogen and oxygen atoms in total. The van der Waals surface area contributed by atoms with E-state index in [1.54, 1.807) is 0 Å². The smallest absolute Gasteiger partial charge is 0.119 e. The maximum absolute atomic E-state index is 10.2. The number of aliphatic hydroxyl groups excluding tert-OH is 1. The standard InChI is InChI=1S/C20H26N2O2/c1-17-7-5-6-10-20(17)22-13-11-21(12-14-22)15-18(23)16-24-19-8-3-2-4-9-19/h2-10,18,23H,11-16H2,1H3/t18-/m0/s1. The molecule has 1 atom stereocenters. The third-order valence-corrected chi connectivity index (χ3v) is 4.48. The van der Waals surface area contributed by atoms with Crippen molar-refractivity contribution in [3.05, 3.63) is 60.2 Å². The van der Waals surface area contributed by atoms with Gasteiger partial charge in [0.2, 0.25) is 0 Å². The third-order valence-electron chi connectivity index (χ3n) is 4.48. The molecule has 1 heterocycles. The molecule has 128 valence electrons. The van der Waals surface area contributed by atoms with Gasteiger partial charge in [-0.1, -0.05) is 36.4 Å². The van der Waals surface area contributed by atoms with Gasteiger partial charge in [0.1, 0.15) is 18.5 Å². The number of ether oxygens (including phenoxy) is 1. The third kappa shape index (κ3) is 4.49. The minimum Gasteiger partial charge on any atom is -0.491 e. The summed E-state index contributed by atoms with van der Waals surface area (Å²) in [6, 6.07) is 18.2. The topological polar surface area (TPSA) is 35.9 Å². The van der Waals surface area contributed by atoms with Crippen molar-refractivity contribution in [2.24, 2.45) is 0 Å². The molecule has 0 aromatic heterocycles. The van der Waals surface area contributed by atoms with Gasteiger partial charge in [0, 0.05) is 38.4 Å². The van der Waals surface area contributed by atoms with Crippen LogP contribution in [0, 0.1) is 6.92 Å². The van der Waals surface area contributed by atoms with Gasteiger partial charge in [-0.3, -0.25) is 4.90 Å². The van der Waals surface area contributed by atoms with Crippen LogP contribution in [0.4, 0.5) is 5.69 Å². The largest absolute Gasteiger partial charge is 0.491 e. The molecule has 4 heteroatoms. The van der Waals surface area contributed by atoms with Gasteiger partial charge in [-0.05, 0) is 30.7 Å². The van der Waals surface area contributed by atoms with E-state index in [1.165, 1.54) is 11.3 Å². The van der Waals surface area contributed by atoms with Crippen LogP contribution in [0.5, 0.6) is 5.75 Å². The van der Waals surface area contributed by atoms with E-state index in [0.29, 0.717) is 13.2 Å². The zero-order chi connectivity index (χ0) is 16.8. The number of hydrogen-bond acceptors (Lipinski definition) is 4. The fourth-order valence-corrected chi connectivity index (χ4v) is 3.15. The Morgan fingerprint density at radius 1 is 0.958 bits per heavy atom. The lowest BCUT2D eigenvalue weighted by Crippen LogP contribution is -2.49. The van der Waals surface area contributed by atoms with Crippen molar-refractivity contribution in [1.29, 1.82) is 0 Å². The molecule has 3 rings (SSSR count). The molecule has 1 fully saturated rings. The van der Waals surface area contributed by atoms with Crippen molar-refractivity contribution in [3.63, 3.8) is 0 Å². The average molecular weight is 326 g/mol. The van der Waals surface area contributed by atoms with Crippen LogP contribution in [-0.2, 0) is 0 Å². The Balaban J connectivity index is 1.43. The molecule has 0 unspecified atom stereocenters. The lowest BCUT2D eigenvalue weighted by atomic mass is 10.1. The lowest BCUT2D eigenvalue weighted by Gasteiger charge is -2.37. The molecule has 0 radical (unpaired) electrons. The molecule has 0 aliphatic carbocycles. The Bertz CT molecular complexity index is 625. The van der Waals surface area contributed by atoms with Crippen LogP contribution in [0.3, 0.4) is 0 Å². The summed E-state index contributed by atoms with van der Waals surface area (Å²) in [4.78, 5) is 4.74. The molecular formula is C20H26N2O2. The highest BCUT2D eigenvalue weighted by Crippen LogP contribution is 2.20. The summed E-state index contributed by atoms with van der Waals surface area (Å²) >= 11 is 0. The summed E-state index contributed by atoms with van der Waals surface area (Å²) in [7, 11) is 0. The predicted octanol–water partition coefficient (Wildman–Crippen LogP) is 2.56. The predicted molar refractivity (Wildman–Crippen MR) is 97.8 cm³/mol. The van der Waals surface area contributed by atoms with Crippen LogP contribution >= 0.6 is 0 Å². The normalized spacial score (nSPS) is 16.8. The molecule has 0 saturated carbocycles. The summed E-state index contributed by atoms with van der Waals surface area (Å²) in [5.74, 6) is 0.806. The molecule has 0 spiro atoms. The maximum atomic E-state index is 10.2. The minimum absolute atomic E-state index is 0.335. The van der Waals surface area contributed by atoms with Crippen LogP contribution in [0.2, 0.25) is 0 Å². The lowest BCUT2D eigenvalue weighted by molar-refractivity contribution is 0.0663. The summed E-state index contributed by atoms with van der Waals surface area (Å²) in [6.07, 6.45) is -0.463. The summed E-state index contributed by atoms with van der Waals surface area (Å²) < 4.78 is 5.63. The van der Waals surface area contributed by atoms with Gasteiger partial charge in [-0.25, -0.2) is 0 Å². The van der Waals surface area contributed by atoms with E-state index in [-0.39, 0.29) is 0 Å². The first-order valence-electron chi connectivity index (χ1n) is 8.61. The van der Waals surface area contributed by atoms with E-state index < -0.39 is 6.10 Å². The summed E-state index contributed by atoms with van der Waals surface area (Å²) in [5.41, 5.74) is 2.65. The second-order valence-electron chi connectivity index (χ2n) is 6.35. The van der Waals surface area contributed by atoms with Crippen molar-refractivity contribution < 1.29 is 9.84 Å². The van der Waals surface area contributed by atoms with E-state index in [9.17, 15) is 5.11 Å². The molecule has 0 bridgehead atoms. The fourth-order valence-electron chi connectivity index (χ4n) is 3.15. The molecule has 2 aromatic carbocycles. The first-order chi connectivity index (χ1) is 11.7. The molecule has 1 saturated heterocycles. The van der Waals surface area contributed by atoms with E-state index in [0.717, 1.165) is 31.9 Å². The second kappa shape index (κ2) is 8.18. The number of hydrogen-bond donors (Lipinski definition) is 1. The number of rotatable bonds is 6. The quantitative estimate of drug-likeness (QED) is 0.885. The summed E-state index contributed by atoms with van der Waals surface area (Å²) in [6.45, 7) is 7.09. The van der Waals surface area contributed by atoms with Crippen molar-refractivity contribution in [2.75, 3.05) is 44.2 Å². The molecule has 1 aliphatic heterocycles. The number of aryl methyl sites for hydroxylation is 1. The van der Waals surface area contributed by atoms with Crippen LogP contribution < -0.4 is 9.64 Å². The van der Waals surface area contributed by atoms with Crippen LogP contribution in [0.25, 0.3) is 0 Å². The zero-order valence-electron chi connectivity index (χ0n) is 14.3. The number of aliphatic hydroxyl groups is 1. The monoisotopic (exact) mass is 326 g/mol. The average Bonchev–Trinajstić information content (AvgIpc) is 2.62. The molecule has 2 aromatic rings. The Morgan fingerprint density at radius 3 is 2.33 bits per heavy atom. The number of nitrogens with zero attached hydrogens (tertiary/aromatic N) is 2. The Morgan fingerprint density at radius 2 is 1.62 bits per heavy atom. The van der Waals surface area contributed by atoms with Gasteiger partial charge < -0.3 is 14.7 Å². The van der Waals surface area contributed by atoms with Gasteiger partial charge in [-0.2, -0.15) is 0 Å². The van der Waals surface area contributed by atoms with Gasteiger partial charge in [0.15, 0.2) is 0 Å². The fraction of sp³-hybridized carbons (Fsp3) is 0.400. The van der Waals surface area contributed by atoms with Gasteiger partial charge in [0.05, 0.1) is 0 Å². The molecular weight excluding hydrogens is 300 g/mol. The first kappa shape index (κ1) is 16.8. The van der Waals surface area contributed by atoms with Crippen LogP contribution in [0.15, 0.2) is 54.6 Å². The van der Waals surface area contributed by atoms with Crippen molar-refractivity contribution in [2.45, 2.75) is 13.0 Å². The number of piperazine rings is 1. The van der Waals surface area contributed by atoms with E-state index in [2.05, 4.69) is 41.0 Å². The van der Waals surface area contributed by atoms with Crippen molar-refractivity contribution in [1.82, 2.24) is 4.90 Å². The van der Waals surface area contributed by atoms with E-state index in [1.807, 2.05) is 30.3 Å². The van der Waals surface area contributed by atoms with Gasteiger partial charge >= 0.3 is 0 Å². The van der Waals surface area contributed by atoms with Crippen LogP contribution in [-0.4, -0.2) is 55.4 Å². The summed E-state index contributed by atoms with van der Waals surface area (Å²) in [5, 5.41) is 10.2. The van der Waals surface area contributed by atoms with Crippen molar-refractivity contribution >= 4 is 5.69 Å². The van der Waals surface area contributed by atoms with Crippen LogP contribution in [0.1, 0.15) is 5.56 Å². The highest BCUT2D eigenvalue weighted by molar-refractivity contribution is 5.53. The Hall–Kier alpha value is -2.04. The van der Waals surface area contributed by atoms with Crippen molar-refractivity contribution in [3.8, 4) is 5.75 Å². The van der Waals surface area contributed by atoms with E-state index in [4.69, 9.17) is 4.74 Å². The van der Waals surface area contributed by atoms with Gasteiger partial charge in [-0.15, -0.1) is 0 Å². The molecule has 24 heavy (non-hydrogen) atoms.